The zero-order chi connectivity index (χ0) is 21.3. The number of esters is 1. The van der Waals surface area contributed by atoms with Gasteiger partial charge in [0.15, 0.2) is 0 Å². The molecule has 30 heavy (non-hydrogen) atoms. The van der Waals surface area contributed by atoms with Gasteiger partial charge in [0.25, 0.3) is 0 Å². The largest absolute Gasteiger partial charge is 0.461 e. The van der Waals surface area contributed by atoms with Gasteiger partial charge < -0.3 is 4.74 Å². The molecule has 1 saturated heterocycles. The highest BCUT2D eigenvalue weighted by Crippen LogP contribution is 2.38. The molecule has 1 aromatic heterocycles. The Hall–Kier alpha value is -2.96. The van der Waals surface area contributed by atoms with Crippen LogP contribution in [0.15, 0.2) is 30.3 Å². The van der Waals surface area contributed by atoms with Crippen molar-refractivity contribution < 1.29 is 19.1 Å². The summed E-state index contributed by atoms with van der Waals surface area (Å²) in [6.07, 6.45) is 3.55. The highest BCUT2D eigenvalue weighted by atomic mass is 16.5. The molecule has 1 aliphatic carbocycles. The van der Waals surface area contributed by atoms with Gasteiger partial charge in [-0.3, -0.25) is 19.3 Å². The number of imide groups is 1. The van der Waals surface area contributed by atoms with Crippen LogP contribution in [-0.2, 0) is 25.7 Å². The molecule has 4 rings (SSSR count). The van der Waals surface area contributed by atoms with E-state index >= 15 is 0 Å². The summed E-state index contributed by atoms with van der Waals surface area (Å²) in [6.45, 7) is 4.06. The first-order chi connectivity index (χ1) is 14.5. The van der Waals surface area contributed by atoms with Gasteiger partial charge in [-0.15, -0.1) is 0 Å². The number of hydrogen-bond acceptors (Lipinski definition) is 5. The van der Waals surface area contributed by atoms with Crippen molar-refractivity contribution in [3.8, 4) is 5.69 Å². The highest BCUT2D eigenvalue weighted by Gasteiger charge is 2.47. The summed E-state index contributed by atoms with van der Waals surface area (Å²) in [5, 5.41) is 4.56. The van der Waals surface area contributed by atoms with E-state index in [1.54, 1.807) is 0 Å². The van der Waals surface area contributed by atoms with Gasteiger partial charge in [-0.1, -0.05) is 31.0 Å². The van der Waals surface area contributed by atoms with Gasteiger partial charge in [0.1, 0.15) is 6.61 Å². The molecule has 1 aromatic carbocycles. The summed E-state index contributed by atoms with van der Waals surface area (Å²) < 4.78 is 7.28. The van der Waals surface area contributed by atoms with Gasteiger partial charge in [0, 0.05) is 17.8 Å². The Morgan fingerprint density at radius 2 is 1.70 bits per heavy atom. The van der Waals surface area contributed by atoms with Gasteiger partial charge in [-0.2, -0.15) is 5.10 Å². The Labute approximate surface area is 176 Å². The van der Waals surface area contributed by atoms with Crippen LogP contribution in [0.25, 0.3) is 5.69 Å². The average Bonchev–Trinajstić information content (AvgIpc) is 3.18. The molecule has 0 radical (unpaired) electrons. The number of aryl methyl sites for hydroxylation is 1. The van der Waals surface area contributed by atoms with Crippen LogP contribution in [0.1, 0.15) is 49.1 Å². The summed E-state index contributed by atoms with van der Waals surface area (Å²) in [4.78, 5) is 38.6. The van der Waals surface area contributed by atoms with Gasteiger partial charge in [0.2, 0.25) is 11.8 Å². The van der Waals surface area contributed by atoms with Gasteiger partial charge >= 0.3 is 5.97 Å². The second-order valence-electron chi connectivity index (χ2n) is 8.13. The Balaban J connectivity index is 1.34. The Kier molecular flexibility index (Phi) is 5.70. The number of carbonyl (C=O) groups is 3. The number of fused-ring (bicyclic) bond motifs is 1. The minimum Gasteiger partial charge on any atom is -0.461 e. The van der Waals surface area contributed by atoms with E-state index < -0.39 is 5.97 Å². The summed E-state index contributed by atoms with van der Waals surface area (Å²) in [6, 6.07) is 9.78. The average molecular weight is 409 g/mol. The molecule has 2 amide bonds. The smallest absolute Gasteiger partial charge is 0.307 e. The molecular weight excluding hydrogens is 382 g/mol. The maximum Gasteiger partial charge on any atom is 0.307 e. The predicted molar refractivity (Wildman–Crippen MR) is 110 cm³/mol. The minimum atomic E-state index is -0.420. The zero-order valence-corrected chi connectivity index (χ0v) is 17.5. The van der Waals surface area contributed by atoms with Crippen molar-refractivity contribution in [1.82, 2.24) is 14.7 Å². The molecule has 2 aromatic rings. The quantitative estimate of drug-likeness (QED) is 0.541. The van der Waals surface area contributed by atoms with Crippen LogP contribution in [0, 0.1) is 25.7 Å². The molecule has 2 aliphatic rings. The number of para-hydroxylation sites is 1. The van der Waals surface area contributed by atoms with Crippen molar-refractivity contribution in [2.24, 2.45) is 11.8 Å². The third kappa shape index (κ3) is 3.76. The Bertz CT molecular complexity index is 942. The molecule has 2 heterocycles. The lowest BCUT2D eigenvalue weighted by atomic mass is 9.81. The molecule has 0 spiro atoms. The summed E-state index contributed by atoms with van der Waals surface area (Å²) >= 11 is 0. The zero-order valence-electron chi connectivity index (χ0n) is 17.5. The second kappa shape index (κ2) is 8.42. The number of likely N-dealkylation sites (tertiary alicyclic amines) is 1. The molecule has 7 nitrogen and oxygen atoms in total. The number of aromatic nitrogens is 2. The number of hydrogen-bond donors (Lipinski definition) is 0. The number of carbonyl (C=O) groups excluding carboxylic acids is 3. The predicted octanol–water partition coefficient (Wildman–Crippen LogP) is 3.10. The van der Waals surface area contributed by atoms with Crippen molar-refractivity contribution in [2.45, 2.75) is 52.6 Å². The van der Waals surface area contributed by atoms with Crippen LogP contribution >= 0.6 is 0 Å². The fourth-order valence-corrected chi connectivity index (χ4v) is 4.58. The maximum absolute atomic E-state index is 12.5. The minimum absolute atomic E-state index is 0.0157. The number of nitrogens with zero attached hydrogens (tertiary/aromatic N) is 3. The number of ether oxygens (including phenoxy) is 1. The second-order valence-corrected chi connectivity index (χ2v) is 8.13. The fourth-order valence-electron chi connectivity index (χ4n) is 4.58. The van der Waals surface area contributed by atoms with Crippen LogP contribution < -0.4 is 0 Å². The highest BCUT2D eigenvalue weighted by molar-refractivity contribution is 6.05. The van der Waals surface area contributed by atoms with E-state index in [2.05, 4.69) is 5.10 Å². The lowest BCUT2D eigenvalue weighted by Crippen LogP contribution is -2.33. The number of amides is 2. The maximum atomic E-state index is 12.5. The standard InChI is InChI=1S/C23H27N3O4/c1-15-20(16(2)26(24-15)17-8-4-3-5-9-17)14-30-21(27)12-13-25-22(28)18-10-6-7-11-19(18)23(25)29/h3-5,8-9,18-19H,6-7,10-14H2,1-2H3/t18-,19+. The van der Waals surface area contributed by atoms with Crippen molar-refractivity contribution in [1.29, 1.82) is 0 Å². The molecule has 7 heteroatoms. The Morgan fingerprint density at radius 3 is 2.33 bits per heavy atom. The van der Waals surface area contributed by atoms with E-state index in [0.29, 0.717) is 0 Å². The molecule has 0 unspecified atom stereocenters. The van der Waals surface area contributed by atoms with Gasteiger partial charge in [0.05, 0.1) is 29.6 Å². The molecular formula is C23H27N3O4. The lowest BCUT2D eigenvalue weighted by molar-refractivity contribution is -0.146. The Morgan fingerprint density at radius 1 is 1.07 bits per heavy atom. The van der Waals surface area contributed by atoms with Gasteiger partial charge in [-0.05, 0) is 38.8 Å². The van der Waals surface area contributed by atoms with Crippen LogP contribution in [0.2, 0.25) is 0 Å². The number of rotatable bonds is 6. The molecule has 158 valence electrons. The first-order valence-electron chi connectivity index (χ1n) is 10.6. The molecule has 0 bridgehead atoms. The van der Waals surface area contributed by atoms with Crippen LogP contribution in [0.3, 0.4) is 0 Å². The SMILES string of the molecule is Cc1nn(-c2ccccc2)c(C)c1COC(=O)CCN1C(=O)[C@H]2CCCC[C@H]2C1=O. The van der Waals surface area contributed by atoms with Crippen LogP contribution in [-0.4, -0.2) is 39.0 Å². The van der Waals surface area contributed by atoms with Crippen molar-refractivity contribution in [3.63, 3.8) is 0 Å². The fraction of sp³-hybridized carbons (Fsp3) is 0.478. The summed E-state index contributed by atoms with van der Waals surface area (Å²) in [5.41, 5.74) is 3.54. The van der Waals surface area contributed by atoms with Crippen LogP contribution in [0.5, 0.6) is 0 Å². The van der Waals surface area contributed by atoms with E-state index in [-0.39, 0.29) is 43.2 Å². The van der Waals surface area contributed by atoms with Crippen LogP contribution in [0.4, 0.5) is 0 Å². The van der Waals surface area contributed by atoms with Crippen molar-refractivity contribution >= 4 is 17.8 Å². The van der Waals surface area contributed by atoms with E-state index in [0.717, 1.165) is 48.3 Å². The van der Waals surface area contributed by atoms with Crippen molar-refractivity contribution in [2.75, 3.05) is 6.54 Å². The molecule has 2 fully saturated rings. The third-order valence-corrected chi connectivity index (χ3v) is 6.29. The third-order valence-electron chi connectivity index (χ3n) is 6.29. The molecule has 1 saturated carbocycles. The van der Waals surface area contributed by atoms with Gasteiger partial charge in [-0.25, -0.2) is 4.68 Å². The van der Waals surface area contributed by atoms with E-state index in [4.69, 9.17) is 4.74 Å². The van der Waals surface area contributed by atoms with E-state index in [1.165, 1.54) is 4.90 Å². The van der Waals surface area contributed by atoms with Crippen molar-refractivity contribution in [3.05, 3.63) is 47.3 Å². The summed E-state index contributed by atoms with van der Waals surface area (Å²) in [7, 11) is 0. The molecule has 1 aliphatic heterocycles. The summed E-state index contributed by atoms with van der Waals surface area (Å²) in [5.74, 6) is -1.02. The molecule has 0 N–H and O–H groups in total. The lowest BCUT2D eigenvalue weighted by Gasteiger charge is -2.19. The van der Waals surface area contributed by atoms with E-state index in [9.17, 15) is 14.4 Å². The number of benzene rings is 1. The monoisotopic (exact) mass is 409 g/mol. The topological polar surface area (TPSA) is 81.5 Å². The van der Waals surface area contributed by atoms with E-state index in [1.807, 2.05) is 48.9 Å². The normalized spacial score (nSPS) is 21.1. The molecule has 2 atom stereocenters. The first kappa shape index (κ1) is 20.3. The first-order valence-corrected chi connectivity index (χ1v) is 10.6.